The molecular formula is C19H17ClO5. The van der Waals surface area contributed by atoms with Crippen molar-refractivity contribution >= 4 is 34.4 Å². The lowest BCUT2D eigenvalue weighted by molar-refractivity contribution is 0.0869. The molecule has 6 heteroatoms. The predicted molar refractivity (Wildman–Crippen MR) is 95.0 cm³/mol. The van der Waals surface area contributed by atoms with E-state index in [1.165, 1.54) is 0 Å². The summed E-state index contributed by atoms with van der Waals surface area (Å²) in [6.45, 7) is 7.39. The van der Waals surface area contributed by atoms with Crippen LogP contribution in [0, 0.1) is 6.92 Å². The molecular weight excluding hydrogens is 344 g/mol. The number of hydrogen-bond acceptors (Lipinski definition) is 5. The molecule has 0 spiro atoms. The van der Waals surface area contributed by atoms with Gasteiger partial charge in [0, 0.05) is 6.42 Å². The minimum atomic E-state index is -0.675. The van der Waals surface area contributed by atoms with Gasteiger partial charge >= 0.3 is 5.63 Å². The van der Waals surface area contributed by atoms with Gasteiger partial charge in [-0.3, -0.25) is 4.79 Å². The van der Waals surface area contributed by atoms with Crippen LogP contribution in [0.25, 0.3) is 17.0 Å². The summed E-state index contributed by atoms with van der Waals surface area (Å²) in [4.78, 5) is 24.8. The van der Waals surface area contributed by atoms with Gasteiger partial charge in [-0.15, -0.1) is 0 Å². The lowest BCUT2D eigenvalue weighted by atomic mass is 9.91. The number of carbonyl (C=O) groups is 1. The van der Waals surface area contributed by atoms with E-state index < -0.39 is 11.2 Å². The molecule has 25 heavy (non-hydrogen) atoms. The number of Topliss-reactive ketones (excluding diaryl/α,β-unsaturated/α-hetero) is 1. The molecule has 130 valence electrons. The van der Waals surface area contributed by atoms with Crippen molar-refractivity contribution in [2.75, 3.05) is 0 Å². The van der Waals surface area contributed by atoms with Crippen molar-refractivity contribution in [3.8, 4) is 11.5 Å². The average molecular weight is 361 g/mol. The van der Waals surface area contributed by atoms with Crippen molar-refractivity contribution < 1.29 is 18.7 Å². The van der Waals surface area contributed by atoms with Crippen LogP contribution in [0.2, 0.25) is 5.02 Å². The highest BCUT2D eigenvalue weighted by Gasteiger charge is 2.36. The van der Waals surface area contributed by atoms with Crippen molar-refractivity contribution in [3.05, 3.63) is 38.2 Å². The van der Waals surface area contributed by atoms with E-state index in [1.54, 1.807) is 6.92 Å². The lowest BCUT2D eigenvalue weighted by Crippen LogP contribution is -2.30. The molecule has 1 aromatic heterocycles. The van der Waals surface area contributed by atoms with Crippen LogP contribution in [-0.2, 0) is 0 Å². The van der Waals surface area contributed by atoms with Gasteiger partial charge < -0.3 is 13.9 Å². The first kappa shape index (κ1) is 16.2. The van der Waals surface area contributed by atoms with Crippen LogP contribution in [0.5, 0.6) is 11.5 Å². The SMILES string of the molecule is Cc1c(Cl)c(=O)oc2c3c(c4c(c12)OC(C)(C)C=C4)OC(C)CC3=O. The van der Waals surface area contributed by atoms with Crippen molar-refractivity contribution in [2.45, 2.75) is 45.8 Å². The zero-order valence-corrected chi connectivity index (χ0v) is 15.1. The zero-order valence-electron chi connectivity index (χ0n) is 14.4. The first-order valence-corrected chi connectivity index (χ1v) is 8.48. The number of hydrogen-bond donors (Lipinski definition) is 0. The Morgan fingerprint density at radius 2 is 1.96 bits per heavy atom. The molecule has 4 rings (SSSR count). The summed E-state index contributed by atoms with van der Waals surface area (Å²) < 4.78 is 17.5. The van der Waals surface area contributed by atoms with E-state index in [1.807, 2.05) is 32.9 Å². The smallest absolute Gasteiger partial charge is 0.355 e. The van der Waals surface area contributed by atoms with Crippen molar-refractivity contribution in [2.24, 2.45) is 0 Å². The quantitative estimate of drug-likeness (QED) is 0.655. The molecule has 0 N–H and O–H groups in total. The monoisotopic (exact) mass is 360 g/mol. The van der Waals surface area contributed by atoms with E-state index in [-0.39, 0.29) is 34.5 Å². The number of ketones is 1. The number of aryl methyl sites for hydroxylation is 1. The summed E-state index contributed by atoms with van der Waals surface area (Å²) in [5, 5.41) is 0.533. The predicted octanol–water partition coefficient (Wildman–Crippen LogP) is 4.29. The van der Waals surface area contributed by atoms with Gasteiger partial charge in [-0.1, -0.05) is 11.6 Å². The largest absolute Gasteiger partial charge is 0.489 e. The maximum Gasteiger partial charge on any atom is 0.355 e. The van der Waals surface area contributed by atoms with E-state index in [4.69, 9.17) is 25.5 Å². The van der Waals surface area contributed by atoms with Gasteiger partial charge in [0.1, 0.15) is 33.8 Å². The highest BCUT2D eigenvalue weighted by Crippen LogP contribution is 2.49. The second-order valence-electron chi connectivity index (χ2n) is 7.07. The number of halogens is 1. The van der Waals surface area contributed by atoms with Gasteiger partial charge in [0.05, 0.1) is 10.9 Å². The van der Waals surface area contributed by atoms with Crippen LogP contribution in [0.3, 0.4) is 0 Å². The van der Waals surface area contributed by atoms with E-state index in [0.29, 0.717) is 28.0 Å². The molecule has 2 aliphatic rings. The number of rotatable bonds is 0. The zero-order chi connectivity index (χ0) is 18.1. The number of fused-ring (bicyclic) bond motifs is 6. The van der Waals surface area contributed by atoms with E-state index in [2.05, 4.69) is 0 Å². The Bertz CT molecular complexity index is 1030. The van der Waals surface area contributed by atoms with Gasteiger partial charge in [-0.2, -0.15) is 0 Å². The standard InChI is InChI=1S/C19H17ClO5/c1-8-7-11(21)13-15(23-8)10-5-6-19(3,4)25-16(10)12-9(2)14(20)18(22)24-17(12)13/h5-6,8H,7H2,1-4H3. The second kappa shape index (κ2) is 5.11. The average Bonchev–Trinajstić information content (AvgIpc) is 2.50. The normalized spacial score (nSPS) is 20.7. The minimum absolute atomic E-state index is 0.0110. The van der Waals surface area contributed by atoms with Crippen LogP contribution < -0.4 is 15.1 Å². The third-order valence-electron chi connectivity index (χ3n) is 4.56. The Morgan fingerprint density at radius 1 is 1.24 bits per heavy atom. The van der Waals surface area contributed by atoms with Crippen molar-refractivity contribution in [1.29, 1.82) is 0 Å². The van der Waals surface area contributed by atoms with E-state index in [0.717, 1.165) is 0 Å². The summed E-state index contributed by atoms with van der Waals surface area (Å²) in [5.41, 5.74) is 0.457. The third-order valence-corrected chi connectivity index (χ3v) is 5.00. The second-order valence-corrected chi connectivity index (χ2v) is 7.45. The van der Waals surface area contributed by atoms with Gasteiger partial charge in [-0.05, 0) is 45.4 Å². The number of benzene rings is 1. The summed E-state index contributed by atoms with van der Waals surface area (Å²) in [6, 6.07) is 0. The maximum absolute atomic E-state index is 12.7. The first-order chi connectivity index (χ1) is 11.7. The summed E-state index contributed by atoms with van der Waals surface area (Å²) in [6.07, 6.45) is 3.76. The van der Waals surface area contributed by atoms with Crippen LogP contribution in [0.1, 0.15) is 48.7 Å². The lowest BCUT2D eigenvalue weighted by Gasteiger charge is -2.33. The molecule has 0 aliphatic carbocycles. The fourth-order valence-electron chi connectivity index (χ4n) is 3.37. The van der Waals surface area contributed by atoms with Crippen molar-refractivity contribution in [1.82, 2.24) is 0 Å². The van der Waals surface area contributed by atoms with Crippen LogP contribution in [-0.4, -0.2) is 17.5 Å². The van der Waals surface area contributed by atoms with E-state index >= 15 is 0 Å². The molecule has 3 heterocycles. The fourth-order valence-corrected chi connectivity index (χ4v) is 3.50. The number of ether oxygens (including phenoxy) is 2. The van der Waals surface area contributed by atoms with Crippen LogP contribution >= 0.6 is 11.6 Å². The molecule has 1 unspecified atom stereocenters. The van der Waals surface area contributed by atoms with Gasteiger partial charge in [0.15, 0.2) is 11.4 Å². The maximum atomic E-state index is 12.7. The Labute approximate surface area is 149 Å². The molecule has 2 aliphatic heterocycles. The summed E-state index contributed by atoms with van der Waals surface area (Å²) in [5.74, 6) is 0.804. The Morgan fingerprint density at radius 3 is 2.68 bits per heavy atom. The highest BCUT2D eigenvalue weighted by molar-refractivity contribution is 6.32. The Hall–Kier alpha value is -2.27. The molecule has 0 fully saturated rings. The molecule has 2 aromatic rings. The summed E-state index contributed by atoms with van der Waals surface area (Å²) in [7, 11) is 0. The van der Waals surface area contributed by atoms with Gasteiger partial charge in [0.2, 0.25) is 0 Å². The van der Waals surface area contributed by atoms with Crippen LogP contribution in [0.15, 0.2) is 15.3 Å². The van der Waals surface area contributed by atoms with E-state index in [9.17, 15) is 9.59 Å². The molecule has 0 saturated heterocycles. The molecule has 0 amide bonds. The topological polar surface area (TPSA) is 65.7 Å². The van der Waals surface area contributed by atoms with Crippen LogP contribution in [0.4, 0.5) is 0 Å². The van der Waals surface area contributed by atoms with Gasteiger partial charge in [-0.25, -0.2) is 4.79 Å². The molecule has 0 radical (unpaired) electrons. The summed E-state index contributed by atoms with van der Waals surface area (Å²) >= 11 is 6.12. The van der Waals surface area contributed by atoms with Crippen molar-refractivity contribution in [3.63, 3.8) is 0 Å². The molecule has 1 atom stereocenters. The molecule has 0 saturated carbocycles. The molecule has 0 bridgehead atoms. The first-order valence-electron chi connectivity index (χ1n) is 8.10. The molecule has 1 aromatic carbocycles. The molecule has 5 nitrogen and oxygen atoms in total. The fraction of sp³-hybridized carbons (Fsp3) is 0.368. The van der Waals surface area contributed by atoms with Gasteiger partial charge in [0.25, 0.3) is 0 Å². The minimum Gasteiger partial charge on any atom is -0.489 e. The number of carbonyl (C=O) groups excluding carboxylic acids is 1. The Balaban J connectivity index is 2.23. The highest BCUT2D eigenvalue weighted by atomic mass is 35.5. The Kier molecular flexibility index (Phi) is 3.32. The third kappa shape index (κ3) is 2.29.